The zero-order chi connectivity index (χ0) is 16.4. The minimum absolute atomic E-state index is 0. The number of nitrogens with two attached hydrogens (primary N) is 1. The maximum atomic E-state index is 12.8. The Balaban J connectivity index is 0.00000208. The number of carbonyl (C=O) groups excluding carboxylic acids is 1. The normalized spacial score (nSPS) is 20.9. The van der Waals surface area contributed by atoms with E-state index >= 15 is 0 Å². The van der Waals surface area contributed by atoms with E-state index in [4.69, 9.17) is 15.2 Å². The molecule has 1 aromatic rings. The molecule has 0 bridgehead atoms. The van der Waals surface area contributed by atoms with Crippen LogP contribution in [0.2, 0.25) is 0 Å². The second kappa shape index (κ2) is 7.90. The van der Waals surface area contributed by atoms with Gasteiger partial charge in [-0.15, -0.1) is 12.4 Å². The summed E-state index contributed by atoms with van der Waals surface area (Å²) in [5.74, 6) is 1.98. The van der Waals surface area contributed by atoms with Crippen LogP contribution < -0.4 is 15.2 Å². The Morgan fingerprint density at radius 3 is 2.96 bits per heavy atom. The standard InChI is InChI=1S/C18H24N2O3.ClH/c1-12(19)13-4-3-7-20(10-13)18(21)15-8-14-9-16(22-2)5-6-17(14)23-11-15;/h5-6,8-9,12-13H,3-4,7,10-11,19H2,1-2H3;1H. The monoisotopic (exact) mass is 352 g/mol. The van der Waals surface area contributed by atoms with Gasteiger partial charge in [-0.25, -0.2) is 0 Å². The molecule has 24 heavy (non-hydrogen) atoms. The molecule has 2 atom stereocenters. The van der Waals surface area contributed by atoms with Crippen LogP contribution in [0.4, 0.5) is 0 Å². The molecular weight excluding hydrogens is 328 g/mol. The molecule has 2 aliphatic heterocycles. The van der Waals surface area contributed by atoms with Gasteiger partial charge in [0.05, 0.1) is 12.7 Å². The third-order valence-corrected chi connectivity index (χ3v) is 4.69. The summed E-state index contributed by atoms with van der Waals surface area (Å²) >= 11 is 0. The molecule has 2 unspecified atom stereocenters. The van der Waals surface area contributed by atoms with E-state index in [9.17, 15) is 4.79 Å². The molecule has 5 nitrogen and oxygen atoms in total. The number of carbonyl (C=O) groups is 1. The molecule has 2 N–H and O–H groups in total. The van der Waals surface area contributed by atoms with Gasteiger partial charge in [0.25, 0.3) is 5.91 Å². The second-order valence-electron chi connectivity index (χ2n) is 6.37. The lowest BCUT2D eigenvalue weighted by Gasteiger charge is -2.35. The third-order valence-electron chi connectivity index (χ3n) is 4.69. The van der Waals surface area contributed by atoms with Crippen molar-refractivity contribution in [3.8, 4) is 11.5 Å². The second-order valence-corrected chi connectivity index (χ2v) is 6.37. The van der Waals surface area contributed by atoms with Gasteiger partial charge in [0.1, 0.15) is 18.1 Å². The molecule has 1 amide bonds. The van der Waals surface area contributed by atoms with Crippen LogP contribution in [-0.4, -0.2) is 43.7 Å². The van der Waals surface area contributed by atoms with Crippen LogP contribution >= 0.6 is 12.4 Å². The van der Waals surface area contributed by atoms with Crippen molar-refractivity contribution in [3.63, 3.8) is 0 Å². The first-order valence-corrected chi connectivity index (χ1v) is 8.14. The molecule has 0 radical (unpaired) electrons. The maximum absolute atomic E-state index is 12.8. The number of amides is 1. The number of ether oxygens (including phenoxy) is 2. The third kappa shape index (κ3) is 3.84. The summed E-state index contributed by atoms with van der Waals surface area (Å²) in [5.41, 5.74) is 7.59. The summed E-state index contributed by atoms with van der Waals surface area (Å²) in [6.07, 6.45) is 4.02. The van der Waals surface area contributed by atoms with Gasteiger partial charge >= 0.3 is 0 Å². The molecule has 0 spiro atoms. The maximum Gasteiger partial charge on any atom is 0.253 e. The van der Waals surface area contributed by atoms with Crippen molar-refractivity contribution in [1.29, 1.82) is 0 Å². The number of hydrogen-bond acceptors (Lipinski definition) is 4. The molecule has 0 aliphatic carbocycles. The number of hydrogen-bond donors (Lipinski definition) is 1. The zero-order valence-corrected chi connectivity index (χ0v) is 15.0. The highest BCUT2D eigenvalue weighted by molar-refractivity contribution is 5.99. The molecule has 1 aromatic carbocycles. The van der Waals surface area contributed by atoms with Gasteiger partial charge in [0.15, 0.2) is 0 Å². The van der Waals surface area contributed by atoms with Crippen LogP contribution in [-0.2, 0) is 4.79 Å². The van der Waals surface area contributed by atoms with E-state index < -0.39 is 0 Å². The Bertz CT molecular complexity index is 631. The average Bonchev–Trinajstić information content (AvgIpc) is 2.60. The Morgan fingerprint density at radius 1 is 1.46 bits per heavy atom. The van der Waals surface area contributed by atoms with Crippen molar-refractivity contribution >= 4 is 24.4 Å². The fourth-order valence-electron chi connectivity index (χ4n) is 3.23. The molecule has 2 aliphatic rings. The summed E-state index contributed by atoms with van der Waals surface area (Å²) in [6.45, 7) is 3.87. The average molecular weight is 353 g/mol. The molecule has 1 fully saturated rings. The van der Waals surface area contributed by atoms with Crippen molar-refractivity contribution in [2.45, 2.75) is 25.8 Å². The molecule has 0 aromatic heterocycles. The predicted octanol–water partition coefficient (Wildman–Crippen LogP) is 2.48. The van der Waals surface area contributed by atoms with Gasteiger partial charge in [-0.2, -0.15) is 0 Å². The van der Waals surface area contributed by atoms with Crippen LogP contribution in [0.3, 0.4) is 0 Å². The van der Waals surface area contributed by atoms with Crippen molar-refractivity contribution in [2.75, 3.05) is 26.8 Å². The van der Waals surface area contributed by atoms with Crippen LogP contribution in [0.1, 0.15) is 25.3 Å². The number of fused-ring (bicyclic) bond motifs is 1. The summed E-state index contributed by atoms with van der Waals surface area (Å²) in [4.78, 5) is 14.7. The topological polar surface area (TPSA) is 64.8 Å². The van der Waals surface area contributed by atoms with E-state index in [1.165, 1.54) is 0 Å². The van der Waals surface area contributed by atoms with Crippen LogP contribution in [0.15, 0.2) is 23.8 Å². The number of rotatable bonds is 3. The first-order chi connectivity index (χ1) is 11.1. The summed E-state index contributed by atoms with van der Waals surface area (Å²) in [5, 5.41) is 0. The first-order valence-electron chi connectivity index (χ1n) is 8.14. The zero-order valence-electron chi connectivity index (χ0n) is 14.2. The van der Waals surface area contributed by atoms with Crippen LogP contribution in [0.25, 0.3) is 6.08 Å². The first kappa shape index (κ1) is 18.6. The van der Waals surface area contributed by atoms with Crippen LogP contribution in [0, 0.1) is 5.92 Å². The number of halogens is 1. The Morgan fingerprint density at radius 2 is 2.25 bits per heavy atom. The fraction of sp³-hybridized carbons (Fsp3) is 0.500. The lowest BCUT2D eigenvalue weighted by atomic mass is 9.91. The number of nitrogens with zero attached hydrogens (tertiary/aromatic N) is 1. The molecule has 132 valence electrons. The van der Waals surface area contributed by atoms with Crippen molar-refractivity contribution in [1.82, 2.24) is 4.90 Å². The van der Waals surface area contributed by atoms with E-state index in [0.29, 0.717) is 18.1 Å². The Hall–Kier alpha value is -1.72. The van der Waals surface area contributed by atoms with Gasteiger partial charge in [-0.05, 0) is 50.0 Å². The number of benzene rings is 1. The molecule has 3 rings (SSSR count). The quantitative estimate of drug-likeness (QED) is 0.907. The highest BCUT2D eigenvalue weighted by Crippen LogP contribution is 2.31. The van der Waals surface area contributed by atoms with Gasteiger partial charge in [-0.3, -0.25) is 4.79 Å². The predicted molar refractivity (Wildman–Crippen MR) is 96.7 cm³/mol. The molecular formula is C18H25ClN2O3. The van der Waals surface area contributed by atoms with E-state index in [0.717, 1.165) is 43.0 Å². The Labute approximate surface area is 149 Å². The van der Waals surface area contributed by atoms with Crippen molar-refractivity contribution in [3.05, 3.63) is 29.3 Å². The van der Waals surface area contributed by atoms with E-state index in [-0.39, 0.29) is 24.4 Å². The van der Waals surface area contributed by atoms with Gasteiger partial charge in [-0.1, -0.05) is 0 Å². The fourth-order valence-corrected chi connectivity index (χ4v) is 3.23. The molecule has 2 heterocycles. The van der Waals surface area contributed by atoms with Crippen molar-refractivity contribution in [2.24, 2.45) is 11.7 Å². The lowest BCUT2D eigenvalue weighted by molar-refractivity contribution is -0.129. The smallest absolute Gasteiger partial charge is 0.253 e. The highest BCUT2D eigenvalue weighted by atomic mass is 35.5. The van der Waals surface area contributed by atoms with E-state index in [2.05, 4.69) is 0 Å². The van der Waals surface area contributed by atoms with Crippen LogP contribution in [0.5, 0.6) is 11.5 Å². The summed E-state index contributed by atoms with van der Waals surface area (Å²) < 4.78 is 11.0. The van der Waals surface area contributed by atoms with Crippen molar-refractivity contribution < 1.29 is 14.3 Å². The summed E-state index contributed by atoms with van der Waals surface area (Å²) in [6, 6.07) is 5.74. The number of methoxy groups -OCH3 is 1. The number of piperidine rings is 1. The molecule has 0 saturated carbocycles. The molecule has 1 saturated heterocycles. The Kier molecular flexibility index (Phi) is 6.13. The van der Waals surface area contributed by atoms with Gasteiger partial charge < -0.3 is 20.1 Å². The lowest BCUT2D eigenvalue weighted by Crippen LogP contribution is -2.46. The number of likely N-dealkylation sites (tertiary alicyclic amines) is 1. The van der Waals surface area contributed by atoms with E-state index in [1.807, 2.05) is 36.1 Å². The van der Waals surface area contributed by atoms with E-state index in [1.54, 1.807) is 7.11 Å². The SMILES string of the molecule is COc1ccc2c(c1)C=C(C(=O)N1CCCC(C(C)N)C1)CO2.Cl. The molecule has 6 heteroatoms. The van der Waals surface area contributed by atoms with Gasteiger partial charge in [0, 0.05) is 24.7 Å². The van der Waals surface area contributed by atoms with Gasteiger partial charge in [0.2, 0.25) is 0 Å². The largest absolute Gasteiger partial charge is 0.497 e. The summed E-state index contributed by atoms with van der Waals surface area (Å²) in [7, 11) is 1.63. The highest BCUT2D eigenvalue weighted by Gasteiger charge is 2.28. The minimum atomic E-state index is 0. The minimum Gasteiger partial charge on any atom is -0.497 e.